The molecule has 2 atom stereocenters. The second-order valence-corrected chi connectivity index (χ2v) is 17.2. The Labute approximate surface area is 195 Å². The molecule has 0 saturated heterocycles. The number of benzene rings is 2. The minimum atomic E-state index is -0.625. The third-order valence-corrected chi connectivity index (χ3v) is 13.3. The third-order valence-electron chi connectivity index (χ3n) is 3.56. The second kappa shape index (κ2) is 8.22. The van der Waals surface area contributed by atoms with Crippen LogP contribution in [0.5, 0.6) is 0 Å². The first-order valence-electron chi connectivity index (χ1n) is 6.49. The van der Waals surface area contributed by atoms with Crippen molar-refractivity contribution in [3.05, 3.63) is 71.8 Å². The van der Waals surface area contributed by atoms with Crippen LogP contribution in [0.1, 0.15) is 11.1 Å². The van der Waals surface area contributed by atoms with Crippen LogP contribution in [0.4, 0.5) is 0 Å². The molecule has 2 aromatic rings. The predicted molar refractivity (Wildman–Crippen MR) is 125 cm³/mol. The van der Waals surface area contributed by atoms with Gasteiger partial charge in [0.05, 0.1) is 8.06 Å². The molecule has 0 aromatic heterocycles. The quantitative estimate of drug-likeness (QED) is 0.274. The summed E-state index contributed by atoms with van der Waals surface area (Å²) in [5.74, 6) is 0. The Morgan fingerprint density at radius 1 is 0.609 bits per heavy atom. The zero-order valence-electron chi connectivity index (χ0n) is 11.5. The fourth-order valence-electron chi connectivity index (χ4n) is 2.40. The van der Waals surface area contributed by atoms with E-state index in [4.69, 9.17) is 0 Å². The monoisotopic (exact) mass is 756 g/mol. The van der Waals surface area contributed by atoms with Crippen molar-refractivity contribution in [1.82, 2.24) is 0 Å². The maximum absolute atomic E-state index is 4.03. The molecule has 0 heterocycles. The fraction of sp³-hybridized carbons (Fsp3) is 0.250. The number of alkyl halides is 7. The van der Waals surface area contributed by atoms with Gasteiger partial charge in [-0.05, 0) is 11.1 Å². The van der Waals surface area contributed by atoms with Crippen molar-refractivity contribution >= 4 is 112 Å². The Balaban J connectivity index is 2.80. The Morgan fingerprint density at radius 2 is 1.00 bits per heavy atom. The van der Waals surface area contributed by atoms with Gasteiger partial charge in [-0.25, -0.2) is 0 Å². The Hall–Kier alpha value is 1.80. The lowest BCUT2D eigenvalue weighted by Crippen LogP contribution is -2.52. The smallest absolute Gasteiger partial charge is 0.0759 e. The fourth-order valence-corrected chi connectivity index (χ4v) is 8.17. The maximum atomic E-state index is 4.03. The second-order valence-electron chi connectivity index (χ2n) is 4.90. The average Bonchev–Trinajstić information content (AvgIpc) is 2.53. The largest absolute Gasteiger partial charge is 0.155 e. The van der Waals surface area contributed by atoms with Crippen LogP contribution >= 0.6 is 112 Å². The molecule has 0 N–H and O–H groups in total. The van der Waals surface area contributed by atoms with E-state index in [2.05, 4.69) is 136 Å². The molecule has 0 bridgehead atoms. The van der Waals surface area contributed by atoms with Crippen molar-refractivity contribution in [1.29, 1.82) is 0 Å². The minimum Gasteiger partial charge on any atom is -0.0759 e. The van der Waals surface area contributed by atoms with Gasteiger partial charge < -0.3 is 0 Å². The third kappa shape index (κ3) is 3.91. The highest BCUT2D eigenvalue weighted by molar-refractivity contribution is 9.40. The molecule has 0 amide bonds. The van der Waals surface area contributed by atoms with E-state index in [1.54, 1.807) is 0 Å². The summed E-state index contributed by atoms with van der Waals surface area (Å²) in [5.41, 5.74) is 2.21. The maximum Gasteiger partial charge on any atom is 0.155 e. The van der Waals surface area contributed by atoms with E-state index < -0.39 is 10.8 Å². The van der Waals surface area contributed by atoms with Crippen LogP contribution in [0, 0.1) is 0 Å². The number of hydrogen-bond acceptors (Lipinski definition) is 0. The van der Waals surface area contributed by atoms with Gasteiger partial charge in [-0.3, -0.25) is 0 Å². The number of hydrogen-bond donors (Lipinski definition) is 0. The van der Waals surface area contributed by atoms with Crippen LogP contribution in [0.3, 0.4) is 0 Å². The number of rotatable bonds is 4. The van der Waals surface area contributed by atoms with E-state index >= 15 is 0 Å². The van der Waals surface area contributed by atoms with E-state index in [1.807, 2.05) is 36.4 Å². The zero-order valence-corrected chi connectivity index (χ0v) is 22.6. The van der Waals surface area contributed by atoms with Crippen molar-refractivity contribution in [3.63, 3.8) is 0 Å². The standard InChI is InChI=1S/C16H11Br7/c17-13(18)14(19,11-7-3-1-4-8-11)15(20,16(21,22)23)12-9-5-2-6-10-12/h1-10,13H. The first-order chi connectivity index (χ1) is 10.7. The molecule has 23 heavy (non-hydrogen) atoms. The van der Waals surface area contributed by atoms with Crippen LogP contribution in [0.25, 0.3) is 0 Å². The van der Waals surface area contributed by atoms with E-state index in [0.717, 1.165) is 11.1 Å². The van der Waals surface area contributed by atoms with Crippen LogP contribution in [-0.2, 0) is 8.65 Å². The molecule has 0 saturated carbocycles. The lowest BCUT2D eigenvalue weighted by Gasteiger charge is -2.49. The summed E-state index contributed by atoms with van der Waals surface area (Å²) < 4.78 is -1.84. The van der Waals surface area contributed by atoms with Crippen LogP contribution in [-0.4, -0.2) is 5.88 Å². The lowest BCUT2D eigenvalue weighted by atomic mass is 9.83. The van der Waals surface area contributed by atoms with Gasteiger partial charge in [0.1, 0.15) is 4.32 Å². The summed E-state index contributed by atoms with van der Waals surface area (Å²) in [6, 6.07) is 20.5. The SMILES string of the molecule is BrC(Br)C(Br)(c1ccccc1)C(Br)(c1ccccc1)C(Br)(Br)Br. The van der Waals surface area contributed by atoms with Crippen LogP contribution < -0.4 is 0 Å². The molecule has 0 spiro atoms. The van der Waals surface area contributed by atoms with Crippen molar-refractivity contribution in [2.45, 2.75) is 14.5 Å². The summed E-state index contributed by atoms with van der Waals surface area (Å²) in [4.78, 5) is 0. The summed E-state index contributed by atoms with van der Waals surface area (Å²) in [6.45, 7) is 0. The highest BCUT2D eigenvalue weighted by Gasteiger charge is 2.62. The van der Waals surface area contributed by atoms with Crippen molar-refractivity contribution in [2.24, 2.45) is 0 Å². The molecule has 2 unspecified atom stereocenters. The molecule has 0 aliphatic carbocycles. The zero-order chi connectivity index (χ0) is 17.3. The summed E-state index contributed by atoms with van der Waals surface area (Å²) in [6.07, 6.45) is 0. The van der Waals surface area contributed by atoms with Gasteiger partial charge >= 0.3 is 0 Å². The van der Waals surface area contributed by atoms with Crippen LogP contribution in [0.2, 0.25) is 0 Å². The van der Waals surface area contributed by atoms with Gasteiger partial charge in [0.25, 0.3) is 0 Å². The molecule has 124 valence electrons. The molecule has 0 aliphatic heterocycles. The molecule has 0 fully saturated rings. The molecule has 2 rings (SSSR count). The Morgan fingerprint density at radius 3 is 1.35 bits per heavy atom. The lowest BCUT2D eigenvalue weighted by molar-refractivity contribution is 0.527. The average molecular weight is 763 g/mol. The van der Waals surface area contributed by atoms with Gasteiger partial charge in [0.15, 0.2) is 2.14 Å². The van der Waals surface area contributed by atoms with E-state index in [9.17, 15) is 0 Å². The van der Waals surface area contributed by atoms with E-state index in [-0.39, 0.29) is 3.74 Å². The Kier molecular flexibility index (Phi) is 7.54. The minimum absolute atomic E-state index is 0.0727. The number of halogens is 7. The van der Waals surface area contributed by atoms with Crippen LogP contribution in [0.15, 0.2) is 60.7 Å². The van der Waals surface area contributed by atoms with E-state index in [1.165, 1.54) is 0 Å². The molecule has 0 nitrogen and oxygen atoms in total. The highest BCUT2D eigenvalue weighted by atomic mass is 80.0. The molecule has 0 aliphatic rings. The highest BCUT2D eigenvalue weighted by Crippen LogP contribution is 2.68. The molecule has 2 aromatic carbocycles. The summed E-state index contributed by atoms with van der Waals surface area (Å²) in [7, 11) is 0. The van der Waals surface area contributed by atoms with E-state index in [0.29, 0.717) is 0 Å². The topological polar surface area (TPSA) is 0 Å². The van der Waals surface area contributed by atoms with Gasteiger partial charge in [0, 0.05) is 0 Å². The molecule has 0 radical (unpaired) electrons. The normalized spacial score (nSPS) is 17.6. The molecule has 7 heteroatoms. The van der Waals surface area contributed by atoms with Gasteiger partial charge in [-0.2, -0.15) is 0 Å². The molecular formula is C16H11Br7. The van der Waals surface area contributed by atoms with Gasteiger partial charge in [-0.15, -0.1) is 0 Å². The van der Waals surface area contributed by atoms with Crippen molar-refractivity contribution in [2.75, 3.05) is 0 Å². The van der Waals surface area contributed by atoms with Gasteiger partial charge in [-0.1, -0.05) is 172 Å². The summed E-state index contributed by atoms with van der Waals surface area (Å²) in [5, 5.41) is 0. The van der Waals surface area contributed by atoms with Gasteiger partial charge in [0.2, 0.25) is 0 Å². The Bertz CT molecular complexity index is 638. The van der Waals surface area contributed by atoms with Crippen molar-refractivity contribution in [3.8, 4) is 0 Å². The molecular weight excluding hydrogens is 752 g/mol. The predicted octanol–water partition coefficient (Wildman–Crippen LogP) is 8.52. The first kappa shape index (κ1) is 21.1. The van der Waals surface area contributed by atoms with Crippen molar-refractivity contribution < 1.29 is 0 Å². The first-order valence-corrected chi connectivity index (χ1v) is 12.3. The summed E-state index contributed by atoms with van der Waals surface area (Å²) >= 11 is 26.8.